The minimum Gasteiger partial charge on any atom is -2.00 e. The van der Waals surface area contributed by atoms with Crippen molar-refractivity contribution in [1.82, 2.24) is 0 Å². The molecule has 0 aromatic rings. The van der Waals surface area contributed by atoms with Gasteiger partial charge in [-0.3, -0.25) is 0 Å². The number of hydrogen-bond acceptors (Lipinski definition) is 0. The Morgan fingerprint density at radius 3 is 0.500 bits per heavy atom. The molecule has 0 atom stereocenters. The van der Waals surface area contributed by atoms with Gasteiger partial charge in [-0.05, 0) is 0 Å². The second-order valence-electron chi connectivity index (χ2n) is 0. The Morgan fingerprint density at radius 2 is 0.500 bits per heavy atom. The first-order chi connectivity index (χ1) is 0. The topological polar surface area (TPSA) is 0 Å². The Bertz CT molecular complexity index is 7.51. The van der Waals surface area contributed by atoms with Crippen LogP contribution in [0.4, 0.5) is 0 Å². The fraction of sp³-hybridized carbons (Fsp3) is 0. The largest absolute Gasteiger partial charge is 2.00 e. The molecule has 0 N–H and O–H groups in total. The molecule has 0 nitrogen and oxygen atoms in total. The molecule has 0 spiro atoms. The van der Waals surface area contributed by atoms with Crippen LogP contribution in [0.25, 0.3) is 0 Å². The van der Waals surface area contributed by atoms with Crippen LogP contribution < -0.4 is 0 Å². The summed E-state index contributed by atoms with van der Waals surface area (Å²) >= 11 is 0. The summed E-state index contributed by atoms with van der Waals surface area (Å²) in [5, 5.41) is 0. The van der Waals surface area contributed by atoms with Crippen LogP contribution in [0.15, 0.2) is 0 Å². The van der Waals surface area contributed by atoms with Crippen molar-refractivity contribution in [1.29, 1.82) is 0 Å². The van der Waals surface area contributed by atoms with Gasteiger partial charge in [0.2, 0.25) is 0 Å². The molecule has 0 aliphatic rings. The van der Waals surface area contributed by atoms with Crippen molar-refractivity contribution >= 4 is 13.5 Å². The van der Waals surface area contributed by atoms with E-state index < -0.39 is 0 Å². The normalized spacial score (nSPS) is 0. The Balaban J connectivity index is 0. The molecule has 0 aromatic heterocycles. The SMILES string of the molecule is [CH3-].[CH3-].[CH3-].[CH3-].[S-2].[U+2]. The van der Waals surface area contributed by atoms with E-state index >= 15 is 0 Å². The van der Waals surface area contributed by atoms with E-state index in [1.165, 1.54) is 0 Å². The summed E-state index contributed by atoms with van der Waals surface area (Å²) in [6.45, 7) is 0. The van der Waals surface area contributed by atoms with Crippen LogP contribution in [0.1, 0.15) is 0 Å². The Morgan fingerprint density at radius 1 is 0.500 bits per heavy atom. The van der Waals surface area contributed by atoms with Crippen LogP contribution in [0.2, 0.25) is 0 Å². The maximum absolute atomic E-state index is 0. The second kappa shape index (κ2) is 95.0. The van der Waals surface area contributed by atoms with E-state index in [2.05, 4.69) is 0 Å². The summed E-state index contributed by atoms with van der Waals surface area (Å²) in [4.78, 5) is 0. The standard InChI is InChI=1S/4CH3.S.U/h4*1H3;;/q4*-1;-2;+2. The van der Waals surface area contributed by atoms with Crippen LogP contribution in [0.3, 0.4) is 0 Å². The first kappa shape index (κ1) is 154. The Kier molecular flexibility index (Phi) is 2450. The summed E-state index contributed by atoms with van der Waals surface area (Å²) in [5.41, 5.74) is 0. The predicted molar refractivity (Wildman–Crippen MR) is 33.0 cm³/mol. The maximum atomic E-state index is 0. The monoisotopic (exact) mass is 330 g/mol. The van der Waals surface area contributed by atoms with Crippen LogP contribution in [-0.4, -0.2) is 0 Å². The van der Waals surface area contributed by atoms with Crippen LogP contribution in [-0.2, 0) is 13.5 Å². The molecule has 0 aliphatic heterocycles. The maximum Gasteiger partial charge on any atom is 2.00 e. The molecule has 42 valence electrons. The summed E-state index contributed by atoms with van der Waals surface area (Å²) in [5.74, 6) is 0. The molecule has 0 fully saturated rings. The summed E-state index contributed by atoms with van der Waals surface area (Å²) in [6.07, 6.45) is 0. The average Bonchev–Trinajstić information content (AvgIpc) is 0. The van der Waals surface area contributed by atoms with Gasteiger partial charge in [0, 0.05) is 0 Å². The van der Waals surface area contributed by atoms with Gasteiger partial charge in [-0.15, -0.1) is 0 Å². The van der Waals surface area contributed by atoms with Crippen molar-refractivity contribution in [3.63, 3.8) is 0 Å². The van der Waals surface area contributed by atoms with Crippen molar-refractivity contribution in [3.8, 4) is 0 Å². The third kappa shape index (κ3) is 53.3. The fourth-order valence-corrected chi connectivity index (χ4v) is 0. The zero-order chi connectivity index (χ0) is 0. The van der Waals surface area contributed by atoms with Gasteiger partial charge in [0.05, 0.1) is 0 Å². The first-order valence-electron chi connectivity index (χ1n) is 0. The first-order valence-corrected chi connectivity index (χ1v) is 0. The van der Waals surface area contributed by atoms with Crippen molar-refractivity contribution in [2.24, 2.45) is 0 Å². The third-order valence-electron chi connectivity index (χ3n) is 0. The van der Waals surface area contributed by atoms with Crippen molar-refractivity contribution in [2.45, 2.75) is 0 Å². The third-order valence-corrected chi connectivity index (χ3v) is 0. The van der Waals surface area contributed by atoms with Gasteiger partial charge in [0.25, 0.3) is 0 Å². The van der Waals surface area contributed by atoms with Crippen molar-refractivity contribution < 1.29 is 31.1 Å². The molecule has 0 bridgehead atoms. The fourth-order valence-electron chi connectivity index (χ4n) is 0. The molecule has 0 saturated carbocycles. The average molecular weight is 330 g/mol. The van der Waals surface area contributed by atoms with Gasteiger partial charge in [-0.1, -0.05) is 0 Å². The van der Waals surface area contributed by atoms with Crippen molar-refractivity contribution in [3.05, 3.63) is 29.7 Å². The van der Waals surface area contributed by atoms with Crippen LogP contribution in [0, 0.1) is 60.8 Å². The van der Waals surface area contributed by atoms with Gasteiger partial charge in [-0.2, -0.15) is 0 Å². The molecule has 2 heteroatoms. The van der Waals surface area contributed by atoms with Gasteiger partial charge in [0.1, 0.15) is 0 Å². The molecule has 6 heavy (non-hydrogen) atoms. The zero-order valence-corrected chi connectivity index (χ0v) is 9.89. The molecule has 0 rings (SSSR count). The zero-order valence-electron chi connectivity index (χ0n) is 4.91. The van der Waals surface area contributed by atoms with Crippen LogP contribution >= 0.6 is 0 Å². The minimum atomic E-state index is 0. The van der Waals surface area contributed by atoms with Gasteiger partial charge in [0.15, 0.2) is 0 Å². The molecule has 0 saturated heterocycles. The van der Waals surface area contributed by atoms with E-state index in [4.69, 9.17) is 0 Å². The molecule has 0 aromatic carbocycles. The van der Waals surface area contributed by atoms with E-state index in [9.17, 15) is 0 Å². The van der Waals surface area contributed by atoms with Gasteiger partial charge >= 0.3 is 31.1 Å². The summed E-state index contributed by atoms with van der Waals surface area (Å²) in [7, 11) is 0. The second-order valence-corrected chi connectivity index (χ2v) is 0. The quantitative estimate of drug-likeness (QED) is 0.594. The Labute approximate surface area is 73.9 Å². The molecular formula is C4H12SU-4. The smallest absolute Gasteiger partial charge is 2.00 e. The molecule has 0 radical (unpaired) electrons. The minimum absolute atomic E-state index is 0. The van der Waals surface area contributed by atoms with E-state index in [0.29, 0.717) is 0 Å². The summed E-state index contributed by atoms with van der Waals surface area (Å²) in [6, 6.07) is 0. The number of rotatable bonds is 0. The molecule has 0 aliphatic carbocycles. The Hall–Kier alpha value is 1.40. The van der Waals surface area contributed by atoms with E-state index in [1.54, 1.807) is 0 Å². The molecular weight excluding hydrogens is 318 g/mol. The van der Waals surface area contributed by atoms with E-state index in [0.717, 1.165) is 0 Å². The van der Waals surface area contributed by atoms with E-state index in [-0.39, 0.29) is 74.3 Å². The van der Waals surface area contributed by atoms with Gasteiger partial charge in [-0.25, -0.2) is 0 Å². The number of hydrogen-bond donors (Lipinski definition) is 0. The van der Waals surface area contributed by atoms with Crippen molar-refractivity contribution in [2.75, 3.05) is 0 Å². The molecule has 0 amide bonds. The molecule has 0 unspecified atom stereocenters. The molecule has 0 heterocycles. The van der Waals surface area contributed by atoms with E-state index in [1.807, 2.05) is 0 Å². The summed E-state index contributed by atoms with van der Waals surface area (Å²) < 4.78 is 0. The van der Waals surface area contributed by atoms with Gasteiger partial charge < -0.3 is 43.2 Å². The van der Waals surface area contributed by atoms with Crippen LogP contribution in [0.5, 0.6) is 0 Å². The predicted octanol–water partition coefficient (Wildman–Crippen LogP) is 1.80.